The Labute approximate surface area is 347 Å². The molecule has 1 aliphatic carbocycles. The minimum absolute atomic E-state index is 0.00132. The van der Waals surface area contributed by atoms with Crippen molar-refractivity contribution in [1.82, 2.24) is 10.6 Å². The highest BCUT2D eigenvalue weighted by Gasteiger charge is 2.53. The first-order chi connectivity index (χ1) is 28.4. The summed E-state index contributed by atoms with van der Waals surface area (Å²) >= 11 is 0. The van der Waals surface area contributed by atoms with Gasteiger partial charge in [-0.05, 0) is 53.4 Å². The van der Waals surface area contributed by atoms with Crippen LogP contribution in [0.4, 0.5) is 4.79 Å². The molecule has 2 amide bonds. The lowest BCUT2D eigenvalue weighted by atomic mass is 9.76. The van der Waals surface area contributed by atoms with Crippen molar-refractivity contribution in [2.75, 3.05) is 66.4 Å². The third-order valence-corrected chi connectivity index (χ3v) is 10.9. The van der Waals surface area contributed by atoms with E-state index in [2.05, 4.69) is 34.9 Å². The zero-order valence-corrected chi connectivity index (χ0v) is 35.3. The van der Waals surface area contributed by atoms with Crippen LogP contribution in [0.1, 0.15) is 83.8 Å². The third kappa shape index (κ3) is 14.0. The molecule has 2 aromatic rings. The maximum Gasteiger partial charge on any atom is 0.407 e. The fraction of sp³-hybridized carbons (Fsp3) is 0.614. The molecule has 6 atom stereocenters. The molecule has 1 aliphatic heterocycles. The van der Waals surface area contributed by atoms with Gasteiger partial charge in [0.25, 0.3) is 5.79 Å². The van der Waals surface area contributed by atoms with Gasteiger partial charge in [0.05, 0.1) is 46.2 Å². The molecule has 2 N–H and O–H groups in total. The van der Waals surface area contributed by atoms with E-state index in [9.17, 15) is 24.0 Å². The smallest absolute Gasteiger partial charge is 0.407 e. The highest BCUT2D eigenvalue weighted by atomic mass is 16.7. The number of esters is 3. The first kappa shape index (κ1) is 47.1. The van der Waals surface area contributed by atoms with Gasteiger partial charge in [0, 0.05) is 51.6 Å². The maximum absolute atomic E-state index is 13.1. The monoisotopic (exact) mass is 826 g/mol. The molecule has 0 bridgehead atoms. The predicted octanol–water partition coefficient (Wildman–Crippen LogP) is 5.31. The Morgan fingerprint density at radius 3 is 2.10 bits per heavy atom. The van der Waals surface area contributed by atoms with Crippen molar-refractivity contribution < 1.29 is 61.9 Å². The van der Waals surface area contributed by atoms with Crippen LogP contribution in [0.3, 0.4) is 0 Å². The molecule has 4 rings (SSSR count). The van der Waals surface area contributed by atoms with E-state index in [-0.39, 0.29) is 62.9 Å². The quantitative estimate of drug-likeness (QED) is 0.0790. The molecular formula is C44H62N2O13. The molecular weight excluding hydrogens is 764 g/mol. The number of rotatable bonds is 24. The van der Waals surface area contributed by atoms with Gasteiger partial charge in [0.2, 0.25) is 5.91 Å². The Bertz CT molecular complexity index is 1640. The van der Waals surface area contributed by atoms with Gasteiger partial charge in [-0.3, -0.25) is 14.4 Å². The molecule has 1 fully saturated rings. The summed E-state index contributed by atoms with van der Waals surface area (Å²) in [7, 11) is 1.28. The minimum atomic E-state index is -1.65. The third-order valence-electron chi connectivity index (χ3n) is 10.9. The number of hydrogen-bond acceptors (Lipinski definition) is 13. The largest absolute Gasteiger partial charge is 0.465 e. The number of fused-ring (bicyclic) bond motifs is 3. The van der Waals surface area contributed by atoms with Gasteiger partial charge < -0.3 is 48.5 Å². The number of alkyl carbamates (subject to hydrolysis) is 1. The van der Waals surface area contributed by atoms with Crippen LogP contribution in [0.15, 0.2) is 48.5 Å². The zero-order valence-electron chi connectivity index (χ0n) is 35.3. The highest BCUT2D eigenvalue weighted by Crippen LogP contribution is 2.45. The van der Waals surface area contributed by atoms with E-state index in [1.807, 2.05) is 45.0 Å². The van der Waals surface area contributed by atoms with E-state index in [1.54, 1.807) is 0 Å². The summed E-state index contributed by atoms with van der Waals surface area (Å²) in [5.74, 6) is -3.95. The topological polar surface area (TPSA) is 183 Å². The normalized spacial score (nSPS) is 20.7. The fourth-order valence-corrected chi connectivity index (χ4v) is 7.57. The number of benzene rings is 2. The number of carbonyl (C=O) groups is 5. The standard InChI is InChI=1S/C44H62N2O13/c1-29-26-44(42(50)52-6,59-41(30(29)2)31(3)39(58-33(5)48)28-55-32(4)47)57-21-13-7-12-19-45-40(49)18-22-53-24-25-54-23-20-46-43(51)56-27-38-36-16-10-8-14-34(36)35-15-9-11-17-37(35)38/h8-11,14-17,29-31,38-39,41H,7,12-13,18-28H2,1-6H3,(H,45,49)(H,46,51)/t29-,30-,31-,39-,41?,44-/m1/s1. The molecule has 1 unspecified atom stereocenters. The summed E-state index contributed by atoms with van der Waals surface area (Å²) in [6.45, 7) is 10.7. The molecule has 326 valence electrons. The fourth-order valence-electron chi connectivity index (χ4n) is 7.57. The summed E-state index contributed by atoms with van der Waals surface area (Å²) in [5, 5.41) is 5.60. The van der Waals surface area contributed by atoms with Crippen LogP contribution in [-0.4, -0.2) is 114 Å². The van der Waals surface area contributed by atoms with Crippen LogP contribution in [0.2, 0.25) is 0 Å². The first-order valence-electron chi connectivity index (χ1n) is 20.6. The van der Waals surface area contributed by atoms with Crippen molar-refractivity contribution >= 4 is 29.9 Å². The van der Waals surface area contributed by atoms with Crippen LogP contribution >= 0.6 is 0 Å². The SMILES string of the molecule is COC(=O)[C@@]1(OCCCCCNC(=O)CCOCCOCCNC(=O)OCC2c3ccccc3-c3ccccc32)C[C@@H](C)[C@@H](C)C([C@H](C)[C@@H](COC(C)=O)OC(C)=O)O1. The molecule has 15 nitrogen and oxygen atoms in total. The molecule has 0 aromatic heterocycles. The Balaban J connectivity index is 1.04. The molecule has 0 spiro atoms. The van der Waals surface area contributed by atoms with Crippen molar-refractivity contribution in [2.24, 2.45) is 17.8 Å². The summed E-state index contributed by atoms with van der Waals surface area (Å²) in [6, 6.07) is 16.4. The lowest BCUT2D eigenvalue weighted by Gasteiger charge is -2.47. The molecule has 59 heavy (non-hydrogen) atoms. The van der Waals surface area contributed by atoms with Gasteiger partial charge >= 0.3 is 24.0 Å². The minimum Gasteiger partial charge on any atom is -0.465 e. The molecule has 2 aromatic carbocycles. The molecule has 0 saturated carbocycles. The molecule has 2 aliphatic rings. The van der Waals surface area contributed by atoms with Gasteiger partial charge in [-0.15, -0.1) is 0 Å². The zero-order chi connectivity index (χ0) is 42.8. The number of carbonyl (C=O) groups excluding carboxylic acids is 5. The summed E-state index contributed by atoms with van der Waals surface area (Å²) < 4.78 is 44.9. The first-order valence-corrected chi connectivity index (χ1v) is 20.6. The van der Waals surface area contributed by atoms with Gasteiger partial charge in [-0.25, -0.2) is 9.59 Å². The number of nitrogens with one attached hydrogen (secondary N) is 2. The Hall–Kier alpha value is -4.57. The van der Waals surface area contributed by atoms with Crippen LogP contribution in [0.5, 0.6) is 0 Å². The molecule has 1 heterocycles. The number of hydrogen-bond donors (Lipinski definition) is 2. The van der Waals surface area contributed by atoms with Crippen molar-refractivity contribution in [3.05, 3.63) is 59.7 Å². The van der Waals surface area contributed by atoms with Crippen LogP contribution < -0.4 is 10.6 Å². The number of amides is 2. The predicted molar refractivity (Wildman–Crippen MR) is 216 cm³/mol. The lowest BCUT2D eigenvalue weighted by Crippen LogP contribution is -2.58. The van der Waals surface area contributed by atoms with Crippen molar-refractivity contribution in [1.29, 1.82) is 0 Å². The van der Waals surface area contributed by atoms with E-state index < -0.39 is 47.9 Å². The highest BCUT2D eigenvalue weighted by molar-refractivity contribution is 5.79. The molecule has 1 saturated heterocycles. The van der Waals surface area contributed by atoms with Crippen LogP contribution in [-0.2, 0) is 57.1 Å². The van der Waals surface area contributed by atoms with Crippen molar-refractivity contribution in [3.8, 4) is 11.1 Å². The molecule has 0 radical (unpaired) electrons. The number of ether oxygens (including phenoxy) is 8. The van der Waals surface area contributed by atoms with E-state index in [0.717, 1.165) is 17.5 Å². The van der Waals surface area contributed by atoms with Gasteiger partial charge in [-0.2, -0.15) is 0 Å². The lowest BCUT2D eigenvalue weighted by molar-refractivity contribution is -0.306. The van der Waals surface area contributed by atoms with Crippen molar-refractivity contribution in [3.63, 3.8) is 0 Å². The van der Waals surface area contributed by atoms with Crippen molar-refractivity contribution in [2.45, 2.75) is 90.6 Å². The van der Waals surface area contributed by atoms with Gasteiger partial charge in [0.1, 0.15) is 19.3 Å². The number of unbranched alkanes of at least 4 members (excludes halogenated alkanes) is 2. The van der Waals surface area contributed by atoms with E-state index in [4.69, 9.17) is 37.9 Å². The maximum atomic E-state index is 13.1. The summed E-state index contributed by atoms with van der Waals surface area (Å²) in [6.07, 6.45) is 0.662. The van der Waals surface area contributed by atoms with E-state index >= 15 is 0 Å². The van der Waals surface area contributed by atoms with Crippen LogP contribution in [0.25, 0.3) is 11.1 Å². The molecule has 15 heteroatoms. The van der Waals surface area contributed by atoms with E-state index in [1.165, 1.54) is 32.1 Å². The van der Waals surface area contributed by atoms with Crippen LogP contribution in [0, 0.1) is 17.8 Å². The second kappa shape index (κ2) is 23.9. The second-order valence-corrected chi connectivity index (χ2v) is 15.2. The Morgan fingerprint density at radius 2 is 1.46 bits per heavy atom. The Morgan fingerprint density at radius 1 is 0.797 bits per heavy atom. The average molecular weight is 827 g/mol. The number of methoxy groups -OCH3 is 1. The summed E-state index contributed by atoms with van der Waals surface area (Å²) in [5.41, 5.74) is 4.66. The van der Waals surface area contributed by atoms with Gasteiger partial charge in [0.15, 0.2) is 0 Å². The van der Waals surface area contributed by atoms with Gasteiger partial charge in [-0.1, -0.05) is 69.3 Å². The Kier molecular flexibility index (Phi) is 19.1. The second-order valence-electron chi connectivity index (χ2n) is 15.2. The average Bonchev–Trinajstić information content (AvgIpc) is 3.54. The summed E-state index contributed by atoms with van der Waals surface area (Å²) in [4.78, 5) is 61.1. The van der Waals surface area contributed by atoms with E-state index in [0.29, 0.717) is 45.8 Å².